The van der Waals surface area contributed by atoms with Gasteiger partial charge in [-0.05, 0) is 12.8 Å². The number of hydrogen-bond donors (Lipinski definition) is 1. The molecule has 0 aliphatic heterocycles. The van der Waals surface area contributed by atoms with E-state index >= 15 is 0 Å². The number of imidazole rings is 1. The van der Waals surface area contributed by atoms with Crippen LogP contribution in [0.3, 0.4) is 0 Å². The minimum Gasteiger partial charge on any atom is -0.382 e. The average Bonchev–Trinajstić information content (AvgIpc) is 2.71. The van der Waals surface area contributed by atoms with Crippen molar-refractivity contribution in [3.05, 3.63) is 12.0 Å². The van der Waals surface area contributed by atoms with Crippen LogP contribution in [0.15, 0.2) is 6.20 Å². The van der Waals surface area contributed by atoms with Crippen molar-refractivity contribution in [2.75, 3.05) is 5.73 Å². The van der Waals surface area contributed by atoms with E-state index in [1.54, 1.807) is 0 Å². The van der Waals surface area contributed by atoms with E-state index < -0.39 is 0 Å². The standard InChI is InChI=1S/C10H17N3/c1-2-10-12-9(11)7-13(10)8-5-3-4-6-8/h7-8H,2-6,11H2,1H3. The van der Waals surface area contributed by atoms with Gasteiger partial charge in [0.1, 0.15) is 11.6 Å². The topological polar surface area (TPSA) is 43.8 Å². The molecule has 0 unspecified atom stereocenters. The summed E-state index contributed by atoms with van der Waals surface area (Å²) in [5.41, 5.74) is 5.69. The van der Waals surface area contributed by atoms with Crippen LogP contribution in [0.2, 0.25) is 0 Å². The summed E-state index contributed by atoms with van der Waals surface area (Å²) in [7, 11) is 0. The van der Waals surface area contributed by atoms with Crippen molar-refractivity contribution in [3.8, 4) is 0 Å². The predicted octanol–water partition coefficient (Wildman–Crippen LogP) is 2.14. The normalized spacial score (nSPS) is 18.2. The van der Waals surface area contributed by atoms with Crippen LogP contribution in [-0.2, 0) is 6.42 Å². The Morgan fingerprint density at radius 1 is 1.54 bits per heavy atom. The molecule has 1 heterocycles. The zero-order chi connectivity index (χ0) is 9.26. The van der Waals surface area contributed by atoms with Crippen LogP contribution in [0, 0.1) is 0 Å². The summed E-state index contributed by atoms with van der Waals surface area (Å²) in [4.78, 5) is 4.31. The van der Waals surface area contributed by atoms with Crippen molar-refractivity contribution in [3.63, 3.8) is 0 Å². The van der Waals surface area contributed by atoms with Crippen LogP contribution in [-0.4, -0.2) is 9.55 Å². The Kier molecular flexibility index (Phi) is 2.25. The van der Waals surface area contributed by atoms with Gasteiger partial charge in [-0.1, -0.05) is 19.8 Å². The van der Waals surface area contributed by atoms with Crippen molar-refractivity contribution in [2.45, 2.75) is 45.1 Å². The molecule has 3 heteroatoms. The third kappa shape index (κ3) is 1.55. The lowest BCUT2D eigenvalue weighted by Crippen LogP contribution is -2.07. The van der Waals surface area contributed by atoms with Gasteiger partial charge in [0.05, 0.1) is 0 Å². The number of aryl methyl sites for hydroxylation is 1. The van der Waals surface area contributed by atoms with Crippen LogP contribution >= 0.6 is 0 Å². The maximum absolute atomic E-state index is 5.69. The molecule has 0 atom stereocenters. The smallest absolute Gasteiger partial charge is 0.141 e. The van der Waals surface area contributed by atoms with Crippen LogP contribution in [0.5, 0.6) is 0 Å². The second-order valence-electron chi connectivity index (χ2n) is 3.78. The van der Waals surface area contributed by atoms with E-state index in [9.17, 15) is 0 Å². The van der Waals surface area contributed by atoms with E-state index in [0.717, 1.165) is 12.2 Å². The molecule has 1 aliphatic carbocycles. The Morgan fingerprint density at radius 3 is 2.85 bits per heavy atom. The minimum absolute atomic E-state index is 0.666. The first-order chi connectivity index (χ1) is 6.31. The average molecular weight is 179 g/mol. The molecule has 2 N–H and O–H groups in total. The highest BCUT2D eigenvalue weighted by atomic mass is 15.1. The largest absolute Gasteiger partial charge is 0.382 e. The molecule has 0 bridgehead atoms. The summed E-state index contributed by atoms with van der Waals surface area (Å²) >= 11 is 0. The molecule has 1 aromatic rings. The number of nitrogens with zero attached hydrogens (tertiary/aromatic N) is 2. The lowest BCUT2D eigenvalue weighted by Gasteiger charge is -2.13. The summed E-state index contributed by atoms with van der Waals surface area (Å²) in [5.74, 6) is 1.81. The summed E-state index contributed by atoms with van der Waals surface area (Å²) in [6.07, 6.45) is 8.27. The Labute approximate surface area is 79.0 Å². The van der Waals surface area contributed by atoms with Crippen molar-refractivity contribution in [2.24, 2.45) is 0 Å². The van der Waals surface area contributed by atoms with Crippen LogP contribution < -0.4 is 5.73 Å². The quantitative estimate of drug-likeness (QED) is 0.756. The maximum atomic E-state index is 5.69. The highest BCUT2D eigenvalue weighted by Crippen LogP contribution is 2.31. The van der Waals surface area contributed by atoms with Gasteiger partial charge in [-0.15, -0.1) is 0 Å². The second kappa shape index (κ2) is 3.40. The van der Waals surface area contributed by atoms with Crippen molar-refractivity contribution in [1.82, 2.24) is 9.55 Å². The number of nitrogens with two attached hydrogens (primary N) is 1. The summed E-state index contributed by atoms with van der Waals surface area (Å²) in [6.45, 7) is 2.13. The maximum Gasteiger partial charge on any atom is 0.141 e. The van der Waals surface area contributed by atoms with Gasteiger partial charge >= 0.3 is 0 Å². The molecule has 0 spiro atoms. The number of hydrogen-bond acceptors (Lipinski definition) is 2. The molecule has 1 fully saturated rings. The first kappa shape index (κ1) is 8.60. The van der Waals surface area contributed by atoms with E-state index in [1.165, 1.54) is 25.7 Å². The predicted molar refractivity (Wildman–Crippen MR) is 53.5 cm³/mol. The third-order valence-electron chi connectivity index (χ3n) is 2.86. The Bertz CT molecular complexity index is 284. The lowest BCUT2D eigenvalue weighted by molar-refractivity contribution is 0.499. The molecule has 1 aromatic heterocycles. The Hall–Kier alpha value is -0.990. The molecule has 3 nitrogen and oxygen atoms in total. The molecule has 1 aliphatic rings. The number of nitrogen functional groups attached to an aromatic ring is 1. The first-order valence-electron chi connectivity index (χ1n) is 5.14. The van der Waals surface area contributed by atoms with Crippen LogP contribution in [0.1, 0.15) is 44.5 Å². The van der Waals surface area contributed by atoms with Gasteiger partial charge in [0, 0.05) is 18.7 Å². The molecule has 0 radical (unpaired) electrons. The lowest BCUT2D eigenvalue weighted by atomic mass is 10.2. The van der Waals surface area contributed by atoms with Gasteiger partial charge in [0.25, 0.3) is 0 Å². The highest BCUT2D eigenvalue weighted by Gasteiger charge is 2.19. The van der Waals surface area contributed by atoms with E-state index in [1.807, 2.05) is 6.20 Å². The molecule has 0 saturated heterocycles. The fraction of sp³-hybridized carbons (Fsp3) is 0.700. The van der Waals surface area contributed by atoms with Crippen LogP contribution in [0.25, 0.3) is 0 Å². The van der Waals surface area contributed by atoms with Crippen LogP contribution in [0.4, 0.5) is 5.82 Å². The minimum atomic E-state index is 0.666. The van der Waals surface area contributed by atoms with Gasteiger partial charge in [-0.25, -0.2) is 4.98 Å². The van der Waals surface area contributed by atoms with Gasteiger partial charge in [-0.3, -0.25) is 0 Å². The van der Waals surface area contributed by atoms with E-state index in [0.29, 0.717) is 11.9 Å². The number of rotatable bonds is 2. The van der Waals surface area contributed by atoms with Crippen molar-refractivity contribution >= 4 is 5.82 Å². The third-order valence-corrected chi connectivity index (χ3v) is 2.86. The summed E-state index contributed by atoms with van der Waals surface area (Å²) < 4.78 is 2.28. The van der Waals surface area contributed by atoms with E-state index in [2.05, 4.69) is 16.5 Å². The summed E-state index contributed by atoms with van der Waals surface area (Å²) in [5, 5.41) is 0. The van der Waals surface area contributed by atoms with E-state index in [4.69, 9.17) is 5.73 Å². The molecule has 0 aromatic carbocycles. The molecule has 1 saturated carbocycles. The molecular formula is C10H17N3. The molecular weight excluding hydrogens is 162 g/mol. The molecule has 2 rings (SSSR count). The highest BCUT2D eigenvalue weighted by molar-refractivity contribution is 5.26. The molecule has 13 heavy (non-hydrogen) atoms. The zero-order valence-corrected chi connectivity index (χ0v) is 8.16. The van der Waals surface area contributed by atoms with Crippen molar-refractivity contribution < 1.29 is 0 Å². The fourth-order valence-corrected chi connectivity index (χ4v) is 2.21. The van der Waals surface area contributed by atoms with Crippen molar-refractivity contribution in [1.29, 1.82) is 0 Å². The Morgan fingerprint density at radius 2 is 2.23 bits per heavy atom. The fourth-order valence-electron chi connectivity index (χ4n) is 2.21. The molecule has 0 amide bonds. The number of anilines is 1. The monoisotopic (exact) mass is 179 g/mol. The molecule has 72 valence electrons. The first-order valence-corrected chi connectivity index (χ1v) is 5.14. The van der Waals surface area contributed by atoms with Gasteiger partial charge < -0.3 is 10.3 Å². The SMILES string of the molecule is CCc1nc(N)cn1C1CCCC1. The number of aromatic nitrogens is 2. The van der Waals surface area contributed by atoms with Gasteiger partial charge in [0.15, 0.2) is 0 Å². The van der Waals surface area contributed by atoms with E-state index in [-0.39, 0.29) is 0 Å². The Balaban J connectivity index is 2.26. The second-order valence-corrected chi connectivity index (χ2v) is 3.78. The van der Waals surface area contributed by atoms with Gasteiger partial charge in [-0.2, -0.15) is 0 Å². The zero-order valence-electron chi connectivity index (χ0n) is 8.16. The van der Waals surface area contributed by atoms with Gasteiger partial charge in [0.2, 0.25) is 0 Å². The summed E-state index contributed by atoms with van der Waals surface area (Å²) in [6, 6.07) is 0.666.